The second-order valence-electron chi connectivity index (χ2n) is 4.77. The van der Waals surface area contributed by atoms with Crippen LogP contribution in [0.25, 0.3) is 0 Å². The molecular formula is C12H18N4O2S. The van der Waals surface area contributed by atoms with E-state index in [0.717, 1.165) is 19.3 Å². The van der Waals surface area contributed by atoms with Crippen molar-refractivity contribution in [2.45, 2.75) is 41.6 Å². The smallest absolute Gasteiger partial charge is 0.251 e. The van der Waals surface area contributed by atoms with Gasteiger partial charge in [0.1, 0.15) is 0 Å². The largest absolute Gasteiger partial charge is 0.368 e. The highest BCUT2D eigenvalue weighted by molar-refractivity contribution is 7.99. The molecule has 0 saturated heterocycles. The van der Waals surface area contributed by atoms with E-state index in [0.29, 0.717) is 11.6 Å². The third-order valence-corrected chi connectivity index (χ3v) is 4.75. The number of likely N-dealkylation sites (N-methyl/N-ethyl adjacent to an activating group) is 1. The minimum absolute atomic E-state index is 0.164. The Morgan fingerprint density at radius 2 is 2.47 bits per heavy atom. The van der Waals surface area contributed by atoms with Crippen LogP contribution in [-0.4, -0.2) is 33.7 Å². The van der Waals surface area contributed by atoms with Gasteiger partial charge in [-0.15, -0.1) is 0 Å². The lowest BCUT2D eigenvalue weighted by molar-refractivity contribution is -0.125. The number of carbonyl (C=O) groups excluding carboxylic acids is 1. The number of thioether (sulfide) groups is 1. The van der Waals surface area contributed by atoms with Gasteiger partial charge in [0.15, 0.2) is 5.16 Å². The van der Waals surface area contributed by atoms with Crippen LogP contribution in [0.3, 0.4) is 0 Å². The number of H-pyrrole nitrogens is 1. The fraction of sp³-hybridized carbons (Fsp3) is 0.583. The Morgan fingerprint density at radius 3 is 3.11 bits per heavy atom. The van der Waals surface area contributed by atoms with Crippen LogP contribution in [0.1, 0.15) is 25.7 Å². The van der Waals surface area contributed by atoms with Gasteiger partial charge in [0.2, 0.25) is 5.91 Å². The number of nitrogens with one attached hydrogen (secondary N) is 2. The molecule has 0 radical (unpaired) electrons. The third-order valence-electron chi connectivity index (χ3n) is 3.58. The molecule has 4 N–H and O–H groups in total. The molecule has 0 bridgehead atoms. The van der Waals surface area contributed by atoms with Gasteiger partial charge in [0.05, 0.1) is 5.54 Å². The van der Waals surface area contributed by atoms with E-state index in [1.54, 1.807) is 7.05 Å². The lowest BCUT2D eigenvalue weighted by Gasteiger charge is -2.37. The van der Waals surface area contributed by atoms with Gasteiger partial charge in [-0.2, -0.15) is 0 Å². The van der Waals surface area contributed by atoms with Gasteiger partial charge < -0.3 is 16.0 Å². The van der Waals surface area contributed by atoms with Crippen LogP contribution in [0.4, 0.5) is 0 Å². The number of hydrogen-bond donors (Lipinski definition) is 3. The number of hydrogen-bond acceptors (Lipinski definition) is 5. The summed E-state index contributed by atoms with van der Waals surface area (Å²) in [6.07, 6.45) is 4.82. The summed E-state index contributed by atoms with van der Waals surface area (Å²) in [6.45, 7) is 0. The van der Waals surface area contributed by atoms with E-state index in [1.165, 1.54) is 24.0 Å². The molecule has 1 aliphatic rings. The Hall–Kier alpha value is -1.34. The average Bonchev–Trinajstić information content (AvgIpc) is 2.38. The van der Waals surface area contributed by atoms with Crippen LogP contribution in [0.2, 0.25) is 0 Å². The summed E-state index contributed by atoms with van der Waals surface area (Å²) >= 11 is 1.50. The maximum atomic E-state index is 11.6. The van der Waals surface area contributed by atoms with Crippen molar-refractivity contribution in [3.8, 4) is 0 Å². The molecule has 1 aliphatic carbocycles. The molecule has 19 heavy (non-hydrogen) atoms. The summed E-state index contributed by atoms with van der Waals surface area (Å²) in [7, 11) is 1.76. The first-order valence-electron chi connectivity index (χ1n) is 6.26. The molecule has 0 spiro atoms. The minimum atomic E-state index is -0.634. The quantitative estimate of drug-likeness (QED) is 0.687. The van der Waals surface area contributed by atoms with Crippen LogP contribution < -0.4 is 16.6 Å². The zero-order chi connectivity index (χ0) is 13.9. The summed E-state index contributed by atoms with van der Waals surface area (Å²) in [5.41, 5.74) is 4.71. The first kappa shape index (κ1) is 14.1. The molecule has 0 aromatic carbocycles. The molecular weight excluding hydrogens is 264 g/mol. The van der Waals surface area contributed by atoms with E-state index in [1.807, 2.05) is 0 Å². The van der Waals surface area contributed by atoms with Gasteiger partial charge in [0, 0.05) is 17.5 Å². The lowest BCUT2D eigenvalue weighted by atomic mass is 9.81. The van der Waals surface area contributed by atoms with Crippen LogP contribution in [0, 0.1) is 0 Å². The van der Waals surface area contributed by atoms with Crippen molar-refractivity contribution in [3.05, 3.63) is 22.6 Å². The van der Waals surface area contributed by atoms with E-state index in [2.05, 4.69) is 15.3 Å². The second-order valence-corrected chi connectivity index (χ2v) is 6.06. The fourth-order valence-electron chi connectivity index (χ4n) is 2.47. The normalized spacial score (nSPS) is 27.1. The first-order chi connectivity index (χ1) is 9.05. The summed E-state index contributed by atoms with van der Waals surface area (Å²) in [6, 6.07) is 1.38. The van der Waals surface area contributed by atoms with Gasteiger partial charge in [-0.3, -0.25) is 9.59 Å². The third kappa shape index (κ3) is 3.16. The number of primary amides is 1. The molecule has 7 heteroatoms. The van der Waals surface area contributed by atoms with E-state index in [-0.39, 0.29) is 16.7 Å². The maximum absolute atomic E-state index is 11.6. The maximum Gasteiger partial charge on any atom is 0.251 e. The summed E-state index contributed by atoms with van der Waals surface area (Å²) in [5.74, 6) is -0.310. The highest BCUT2D eigenvalue weighted by Gasteiger charge is 2.40. The number of aromatic amines is 1. The van der Waals surface area contributed by atoms with Gasteiger partial charge in [-0.25, -0.2) is 4.98 Å². The monoisotopic (exact) mass is 282 g/mol. The van der Waals surface area contributed by atoms with Gasteiger partial charge in [-0.1, -0.05) is 11.8 Å². The standard InChI is InChI=1S/C12H18N4O2S/c1-14-12(10(13)18)5-2-3-8(7-12)19-11-15-6-4-9(17)16-11/h4,6,8,14H,2-3,5,7H2,1H3,(H2,13,18)(H,15,16,17). The van der Waals surface area contributed by atoms with Crippen LogP contribution in [0.5, 0.6) is 0 Å². The van der Waals surface area contributed by atoms with E-state index in [9.17, 15) is 9.59 Å². The highest BCUT2D eigenvalue weighted by Crippen LogP contribution is 2.36. The van der Waals surface area contributed by atoms with Gasteiger partial charge in [-0.05, 0) is 32.7 Å². The zero-order valence-electron chi connectivity index (χ0n) is 10.8. The van der Waals surface area contributed by atoms with E-state index in [4.69, 9.17) is 5.73 Å². The SMILES string of the molecule is CNC1(C(N)=O)CCCC(Sc2nccc(=O)[nH]2)C1. The molecule has 1 aromatic heterocycles. The van der Waals surface area contributed by atoms with Crippen LogP contribution in [0.15, 0.2) is 22.2 Å². The number of amides is 1. The number of carbonyl (C=O) groups is 1. The Bertz CT molecular complexity index is 518. The number of nitrogens with two attached hydrogens (primary N) is 1. The minimum Gasteiger partial charge on any atom is -0.368 e. The van der Waals surface area contributed by atoms with Crippen molar-refractivity contribution in [3.63, 3.8) is 0 Å². The van der Waals surface area contributed by atoms with E-state index < -0.39 is 5.54 Å². The topological polar surface area (TPSA) is 101 Å². The lowest BCUT2D eigenvalue weighted by Crippen LogP contribution is -2.57. The zero-order valence-corrected chi connectivity index (χ0v) is 11.6. The summed E-state index contributed by atoms with van der Waals surface area (Å²) < 4.78 is 0. The van der Waals surface area contributed by atoms with Crippen LogP contribution in [-0.2, 0) is 4.79 Å². The second kappa shape index (κ2) is 5.75. The molecule has 1 amide bonds. The fourth-order valence-corrected chi connectivity index (χ4v) is 3.72. The summed E-state index contributed by atoms with van der Waals surface area (Å²) in [5, 5.41) is 3.88. The summed E-state index contributed by atoms with van der Waals surface area (Å²) in [4.78, 5) is 29.7. The Labute approximate surface area is 115 Å². The molecule has 2 rings (SSSR count). The number of aromatic nitrogens is 2. The molecule has 6 nitrogen and oxygen atoms in total. The Kier molecular flexibility index (Phi) is 4.26. The number of rotatable bonds is 4. The molecule has 104 valence electrons. The predicted molar refractivity (Wildman–Crippen MR) is 74.0 cm³/mol. The molecule has 1 saturated carbocycles. The molecule has 1 aromatic rings. The predicted octanol–water partition coefficient (Wildman–Crippen LogP) is 0.248. The van der Waals surface area contributed by atoms with Crippen LogP contribution >= 0.6 is 11.8 Å². The van der Waals surface area contributed by atoms with Gasteiger partial charge >= 0.3 is 0 Å². The van der Waals surface area contributed by atoms with Crippen molar-refractivity contribution in [2.75, 3.05) is 7.05 Å². The van der Waals surface area contributed by atoms with Crippen molar-refractivity contribution in [1.82, 2.24) is 15.3 Å². The molecule has 1 fully saturated rings. The first-order valence-corrected chi connectivity index (χ1v) is 7.14. The Balaban J connectivity index is 2.09. The highest BCUT2D eigenvalue weighted by atomic mass is 32.2. The number of nitrogens with zero attached hydrogens (tertiary/aromatic N) is 1. The van der Waals surface area contributed by atoms with E-state index >= 15 is 0 Å². The Morgan fingerprint density at radius 1 is 1.68 bits per heavy atom. The van der Waals surface area contributed by atoms with Crippen molar-refractivity contribution in [2.24, 2.45) is 5.73 Å². The molecule has 1 heterocycles. The van der Waals surface area contributed by atoms with Gasteiger partial charge in [0.25, 0.3) is 5.56 Å². The average molecular weight is 282 g/mol. The molecule has 2 atom stereocenters. The molecule has 2 unspecified atom stereocenters. The van der Waals surface area contributed by atoms with Crippen molar-refractivity contribution < 1.29 is 4.79 Å². The van der Waals surface area contributed by atoms with Crippen molar-refractivity contribution >= 4 is 17.7 Å². The molecule has 0 aliphatic heterocycles. The van der Waals surface area contributed by atoms with Crippen molar-refractivity contribution in [1.29, 1.82) is 0 Å².